The summed E-state index contributed by atoms with van der Waals surface area (Å²) in [6.45, 7) is 6.48. The largest absolute Gasteiger partial charge is 0.493 e. The molecule has 0 fully saturated rings. The number of ether oxygens (including phenoxy) is 1. The van der Waals surface area contributed by atoms with Crippen LogP contribution in [0.5, 0.6) is 5.75 Å². The van der Waals surface area contributed by atoms with Crippen molar-refractivity contribution >= 4 is 34.6 Å². The minimum absolute atomic E-state index is 0.512. The smallest absolute Gasteiger partial charge is 0.121 e. The second kappa shape index (κ2) is 8.90. The Hall–Kier alpha value is -1.58. The third kappa shape index (κ3) is 5.85. The van der Waals surface area contributed by atoms with Crippen LogP contribution in [0.3, 0.4) is 0 Å². The summed E-state index contributed by atoms with van der Waals surface area (Å²) >= 11 is 12.1. The fourth-order valence-electron chi connectivity index (χ4n) is 2.00. The Labute approximate surface area is 147 Å². The molecule has 0 unspecified atom stereocenters. The zero-order valence-corrected chi connectivity index (χ0v) is 14.9. The van der Waals surface area contributed by atoms with Crippen molar-refractivity contribution < 1.29 is 4.74 Å². The number of hydrogen-bond acceptors (Lipinski definition) is 3. The molecule has 0 aliphatic carbocycles. The SMILES string of the molecule is CC(C)COc1cccc(NCCNc2cccc(Cl)c2Cl)c1. The van der Waals surface area contributed by atoms with Gasteiger partial charge in [0.1, 0.15) is 5.75 Å². The lowest BCUT2D eigenvalue weighted by Crippen LogP contribution is -2.14. The zero-order valence-electron chi connectivity index (χ0n) is 13.4. The number of rotatable bonds is 8. The molecule has 124 valence electrons. The van der Waals surface area contributed by atoms with Crippen molar-refractivity contribution in [1.29, 1.82) is 0 Å². The summed E-state index contributed by atoms with van der Waals surface area (Å²) in [6, 6.07) is 13.5. The summed E-state index contributed by atoms with van der Waals surface area (Å²) < 4.78 is 5.72. The first-order valence-electron chi connectivity index (χ1n) is 7.71. The van der Waals surface area contributed by atoms with E-state index in [0.29, 0.717) is 16.0 Å². The topological polar surface area (TPSA) is 33.3 Å². The van der Waals surface area contributed by atoms with Gasteiger partial charge in [-0.3, -0.25) is 0 Å². The standard InChI is InChI=1S/C18H22Cl2N2O/c1-13(2)12-23-15-6-3-5-14(11-15)21-9-10-22-17-8-4-7-16(19)18(17)20/h3-8,11,13,21-22H,9-10,12H2,1-2H3. The number of nitrogens with one attached hydrogen (secondary N) is 2. The minimum Gasteiger partial charge on any atom is -0.493 e. The molecule has 2 rings (SSSR count). The highest BCUT2D eigenvalue weighted by Crippen LogP contribution is 2.29. The molecule has 0 atom stereocenters. The minimum atomic E-state index is 0.512. The zero-order chi connectivity index (χ0) is 16.7. The van der Waals surface area contributed by atoms with E-state index < -0.39 is 0 Å². The molecule has 0 heterocycles. The molecule has 0 saturated heterocycles. The van der Waals surface area contributed by atoms with Crippen molar-refractivity contribution in [2.75, 3.05) is 30.3 Å². The van der Waals surface area contributed by atoms with Gasteiger partial charge in [-0.25, -0.2) is 0 Å². The van der Waals surface area contributed by atoms with Gasteiger partial charge in [-0.2, -0.15) is 0 Å². The average molecular weight is 353 g/mol. The predicted molar refractivity (Wildman–Crippen MR) is 100 cm³/mol. The van der Waals surface area contributed by atoms with Gasteiger partial charge in [0, 0.05) is 24.8 Å². The van der Waals surface area contributed by atoms with Crippen LogP contribution in [0.15, 0.2) is 42.5 Å². The lowest BCUT2D eigenvalue weighted by atomic mass is 10.2. The van der Waals surface area contributed by atoms with E-state index in [1.54, 1.807) is 6.07 Å². The van der Waals surface area contributed by atoms with Gasteiger partial charge in [0.15, 0.2) is 0 Å². The van der Waals surface area contributed by atoms with Gasteiger partial charge in [-0.1, -0.05) is 49.2 Å². The van der Waals surface area contributed by atoms with Crippen LogP contribution in [0.25, 0.3) is 0 Å². The highest BCUT2D eigenvalue weighted by Gasteiger charge is 2.03. The molecule has 0 aliphatic rings. The van der Waals surface area contributed by atoms with Crippen molar-refractivity contribution in [3.63, 3.8) is 0 Å². The molecule has 0 spiro atoms. The maximum atomic E-state index is 6.14. The fourth-order valence-corrected chi connectivity index (χ4v) is 2.37. The van der Waals surface area contributed by atoms with Gasteiger partial charge in [0.05, 0.1) is 22.3 Å². The van der Waals surface area contributed by atoms with Crippen LogP contribution in [0.1, 0.15) is 13.8 Å². The van der Waals surface area contributed by atoms with E-state index in [1.807, 2.05) is 36.4 Å². The van der Waals surface area contributed by atoms with Crippen molar-refractivity contribution in [1.82, 2.24) is 0 Å². The molecule has 0 aliphatic heterocycles. The number of anilines is 2. The Kier molecular flexibility index (Phi) is 6.87. The molecule has 23 heavy (non-hydrogen) atoms. The molecular formula is C18H22Cl2N2O. The third-order valence-corrected chi connectivity index (χ3v) is 3.96. The average Bonchev–Trinajstić information content (AvgIpc) is 2.54. The lowest BCUT2D eigenvalue weighted by Gasteiger charge is -2.12. The van der Waals surface area contributed by atoms with Gasteiger partial charge >= 0.3 is 0 Å². The van der Waals surface area contributed by atoms with Crippen LogP contribution < -0.4 is 15.4 Å². The quantitative estimate of drug-likeness (QED) is 0.610. The van der Waals surface area contributed by atoms with E-state index in [0.717, 1.165) is 36.8 Å². The maximum Gasteiger partial charge on any atom is 0.121 e. The van der Waals surface area contributed by atoms with E-state index in [-0.39, 0.29) is 0 Å². The first-order valence-corrected chi connectivity index (χ1v) is 8.46. The number of hydrogen-bond donors (Lipinski definition) is 2. The molecule has 2 aromatic carbocycles. The molecule has 2 aromatic rings. The summed E-state index contributed by atoms with van der Waals surface area (Å²) in [6.07, 6.45) is 0. The fraction of sp³-hybridized carbons (Fsp3) is 0.333. The van der Waals surface area contributed by atoms with Gasteiger partial charge in [-0.15, -0.1) is 0 Å². The van der Waals surface area contributed by atoms with Crippen LogP contribution in [0, 0.1) is 5.92 Å². The normalized spacial score (nSPS) is 10.7. The van der Waals surface area contributed by atoms with Gasteiger partial charge in [-0.05, 0) is 30.2 Å². The first kappa shape index (κ1) is 17.8. The maximum absolute atomic E-state index is 6.14. The van der Waals surface area contributed by atoms with Gasteiger partial charge in [0.25, 0.3) is 0 Å². The van der Waals surface area contributed by atoms with Crippen molar-refractivity contribution in [3.05, 3.63) is 52.5 Å². The van der Waals surface area contributed by atoms with Crippen LogP contribution >= 0.6 is 23.2 Å². The second-order valence-electron chi connectivity index (χ2n) is 5.69. The summed E-state index contributed by atoms with van der Waals surface area (Å²) in [5, 5.41) is 7.74. The van der Waals surface area contributed by atoms with E-state index in [4.69, 9.17) is 27.9 Å². The molecule has 0 radical (unpaired) electrons. The Bertz CT molecular complexity index is 632. The lowest BCUT2D eigenvalue weighted by molar-refractivity contribution is 0.271. The molecule has 5 heteroatoms. The Morgan fingerprint density at radius 3 is 2.52 bits per heavy atom. The summed E-state index contributed by atoms with van der Waals surface area (Å²) in [5.41, 5.74) is 1.88. The van der Waals surface area contributed by atoms with E-state index in [2.05, 4.69) is 24.5 Å². The number of halogens is 2. The van der Waals surface area contributed by atoms with Gasteiger partial charge < -0.3 is 15.4 Å². The van der Waals surface area contributed by atoms with Crippen molar-refractivity contribution in [2.45, 2.75) is 13.8 Å². The van der Waals surface area contributed by atoms with E-state index in [1.165, 1.54) is 0 Å². The predicted octanol–water partition coefficient (Wildman–Crippen LogP) is 5.55. The van der Waals surface area contributed by atoms with Crippen LogP contribution in [0.4, 0.5) is 11.4 Å². The Balaban J connectivity index is 1.80. The summed E-state index contributed by atoms with van der Waals surface area (Å²) in [4.78, 5) is 0. The molecule has 0 saturated carbocycles. The second-order valence-corrected chi connectivity index (χ2v) is 6.47. The van der Waals surface area contributed by atoms with Gasteiger partial charge in [0.2, 0.25) is 0 Å². The highest BCUT2D eigenvalue weighted by atomic mass is 35.5. The monoisotopic (exact) mass is 352 g/mol. The van der Waals surface area contributed by atoms with Crippen LogP contribution in [0.2, 0.25) is 10.0 Å². The molecular weight excluding hydrogens is 331 g/mol. The van der Waals surface area contributed by atoms with Crippen LogP contribution in [-0.4, -0.2) is 19.7 Å². The molecule has 0 amide bonds. The molecule has 2 N–H and O–H groups in total. The van der Waals surface area contributed by atoms with E-state index in [9.17, 15) is 0 Å². The molecule has 0 bridgehead atoms. The van der Waals surface area contributed by atoms with Crippen molar-refractivity contribution in [3.8, 4) is 5.75 Å². The summed E-state index contributed by atoms with van der Waals surface area (Å²) in [7, 11) is 0. The highest BCUT2D eigenvalue weighted by molar-refractivity contribution is 6.43. The molecule has 0 aromatic heterocycles. The number of benzene rings is 2. The van der Waals surface area contributed by atoms with Crippen molar-refractivity contribution in [2.24, 2.45) is 5.92 Å². The third-order valence-electron chi connectivity index (χ3n) is 3.14. The van der Waals surface area contributed by atoms with Crippen LogP contribution in [-0.2, 0) is 0 Å². The first-order chi connectivity index (χ1) is 11.1. The Morgan fingerprint density at radius 2 is 1.74 bits per heavy atom. The Morgan fingerprint density at radius 1 is 1.00 bits per heavy atom. The summed E-state index contributed by atoms with van der Waals surface area (Å²) in [5.74, 6) is 1.40. The van der Waals surface area contributed by atoms with E-state index >= 15 is 0 Å². The molecule has 3 nitrogen and oxygen atoms in total.